The molecule has 0 aliphatic rings. The highest BCUT2D eigenvalue weighted by atomic mass is 32.1. The van der Waals surface area contributed by atoms with E-state index in [1.54, 1.807) is 11.3 Å². The summed E-state index contributed by atoms with van der Waals surface area (Å²) in [4.78, 5) is 12.4. The van der Waals surface area contributed by atoms with Crippen molar-refractivity contribution in [3.05, 3.63) is 28.0 Å². The Morgan fingerprint density at radius 1 is 1.46 bits per heavy atom. The van der Waals surface area contributed by atoms with Gasteiger partial charge >= 0.3 is 0 Å². The van der Waals surface area contributed by atoms with Crippen LogP contribution in [0.2, 0.25) is 0 Å². The fourth-order valence-corrected chi connectivity index (χ4v) is 2.01. The number of aldehydes is 1. The molecule has 1 aromatic rings. The monoisotopic (exact) mass is 194 g/mol. The van der Waals surface area contributed by atoms with Gasteiger partial charge in [-0.05, 0) is 30.5 Å². The van der Waals surface area contributed by atoms with Crippen molar-refractivity contribution in [3.8, 4) is 0 Å². The third-order valence-electron chi connectivity index (χ3n) is 1.71. The van der Waals surface area contributed by atoms with Crippen molar-refractivity contribution in [3.63, 3.8) is 0 Å². The molecular weight excluding hydrogens is 180 g/mol. The van der Waals surface area contributed by atoms with Crippen LogP contribution in [0.3, 0.4) is 0 Å². The third kappa shape index (κ3) is 2.81. The van der Waals surface area contributed by atoms with E-state index in [4.69, 9.17) is 0 Å². The number of hydrogen-bond donors (Lipinski definition) is 0. The predicted molar refractivity (Wildman–Crippen MR) is 58.2 cm³/mol. The van der Waals surface area contributed by atoms with Crippen molar-refractivity contribution in [2.24, 2.45) is 5.92 Å². The molecule has 0 saturated carbocycles. The summed E-state index contributed by atoms with van der Waals surface area (Å²) in [5.41, 5.74) is 1.26. The van der Waals surface area contributed by atoms with Gasteiger partial charge in [-0.3, -0.25) is 4.79 Å². The van der Waals surface area contributed by atoms with Crippen molar-refractivity contribution < 1.29 is 4.79 Å². The summed E-state index contributed by atoms with van der Waals surface area (Å²) in [6.07, 6.45) is 3.11. The Labute approximate surface area is 83.1 Å². The first-order valence-corrected chi connectivity index (χ1v) is 5.19. The van der Waals surface area contributed by atoms with E-state index in [9.17, 15) is 4.79 Å². The molecular formula is C11H14OS. The first kappa shape index (κ1) is 10.2. The van der Waals surface area contributed by atoms with Crippen molar-refractivity contribution in [2.75, 3.05) is 0 Å². The summed E-state index contributed by atoms with van der Waals surface area (Å²) in [5, 5.41) is 0. The lowest BCUT2D eigenvalue weighted by molar-refractivity contribution is 0.112. The molecule has 13 heavy (non-hydrogen) atoms. The Bertz CT molecular complexity index is 321. The zero-order chi connectivity index (χ0) is 9.84. The van der Waals surface area contributed by atoms with Crippen LogP contribution in [0.4, 0.5) is 0 Å². The second-order valence-corrected chi connectivity index (χ2v) is 4.53. The molecule has 0 bridgehead atoms. The molecule has 70 valence electrons. The van der Waals surface area contributed by atoms with Crippen molar-refractivity contribution in [1.82, 2.24) is 0 Å². The quantitative estimate of drug-likeness (QED) is 0.672. The van der Waals surface area contributed by atoms with Crippen LogP contribution in [-0.2, 0) is 0 Å². The Kier molecular flexibility index (Phi) is 3.43. The van der Waals surface area contributed by atoms with Crippen LogP contribution >= 0.6 is 11.3 Å². The highest BCUT2D eigenvalue weighted by Gasteiger charge is 2.01. The number of allylic oxidation sites excluding steroid dienone is 2. The van der Waals surface area contributed by atoms with Gasteiger partial charge in [-0.1, -0.05) is 19.9 Å². The van der Waals surface area contributed by atoms with Crippen LogP contribution in [0.1, 0.15) is 35.3 Å². The summed E-state index contributed by atoms with van der Waals surface area (Å²) in [7, 11) is 0. The maximum atomic E-state index is 10.5. The lowest BCUT2D eigenvalue weighted by Crippen LogP contribution is -1.80. The number of carbonyl (C=O) groups is 1. The largest absolute Gasteiger partial charge is 0.297 e. The van der Waals surface area contributed by atoms with Crippen molar-refractivity contribution >= 4 is 23.2 Å². The number of carbonyl (C=O) groups excluding carboxylic acids is 1. The minimum atomic E-state index is 0.557. The normalized spacial score (nSPS) is 12.2. The van der Waals surface area contributed by atoms with E-state index in [1.165, 1.54) is 10.5 Å². The van der Waals surface area contributed by atoms with Crippen LogP contribution in [0.5, 0.6) is 0 Å². The molecule has 0 atom stereocenters. The number of rotatable bonds is 3. The van der Waals surface area contributed by atoms with E-state index in [0.29, 0.717) is 5.92 Å². The van der Waals surface area contributed by atoms with Crippen molar-refractivity contribution in [1.29, 1.82) is 0 Å². The Morgan fingerprint density at radius 2 is 2.15 bits per heavy atom. The molecule has 1 aromatic heterocycles. The molecule has 2 heteroatoms. The summed E-state index contributed by atoms with van der Waals surface area (Å²) >= 11 is 1.55. The topological polar surface area (TPSA) is 17.1 Å². The Hall–Kier alpha value is -0.890. The van der Waals surface area contributed by atoms with Gasteiger partial charge in [0.2, 0.25) is 0 Å². The van der Waals surface area contributed by atoms with Gasteiger partial charge in [-0.2, -0.15) is 0 Å². The molecule has 0 amide bonds. The number of hydrogen-bond acceptors (Lipinski definition) is 2. The molecule has 1 rings (SSSR count). The number of thiophene rings is 1. The van der Waals surface area contributed by atoms with Crippen LogP contribution in [0, 0.1) is 5.92 Å². The van der Waals surface area contributed by atoms with Crippen LogP contribution in [-0.4, -0.2) is 6.29 Å². The van der Waals surface area contributed by atoms with Gasteiger partial charge in [0.15, 0.2) is 6.29 Å². The average molecular weight is 194 g/mol. The highest BCUT2D eigenvalue weighted by Crippen LogP contribution is 2.23. The lowest BCUT2D eigenvalue weighted by Gasteiger charge is -1.99. The van der Waals surface area contributed by atoms with E-state index in [0.717, 1.165) is 11.2 Å². The van der Waals surface area contributed by atoms with Crippen LogP contribution in [0.15, 0.2) is 18.2 Å². The molecule has 0 aliphatic heterocycles. The zero-order valence-corrected chi connectivity index (χ0v) is 9.02. The lowest BCUT2D eigenvalue weighted by atomic mass is 10.1. The maximum Gasteiger partial charge on any atom is 0.160 e. The van der Waals surface area contributed by atoms with E-state index in [-0.39, 0.29) is 0 Å². The second kappa shape index (κ2) is 4.38. The molecule has 1 heterocycles. The maximum absolute atomic E-state index is 10.5. The molecule has 0 aromatic carbocycles. The molecule has 0 N–H and O–H groups in total. The van der Waals surface area contributed by atoms with Gasteiger partial charge in [0.25, 0.3) is 0 Å². The third-order valence-corrected chi connectivity index (χ3v) is 2.86. The van der Waals surface area contributed by atoms with E-state index >= 15 is 0 Å². The first-order valence-electron chi connectivity index (χ1n) is 4.37. The van der Waals surface area contributed by atoms with Gasteiger partial charge in [-0.25, -0.2) is 0 Å². The molecule has 1 nitrogen and oxygen atoms in total. The minimum absolute atomic E-state index is 0.557. The second-order valence-electron chi connectivity index (χ2n) is 3.41. The summed E-state index contributed by atoms with van der Waals surface area (Å²) in [6, 6.07) is 3.87. The fourth-order valence-electron chi connectivity index (χ4n) is 1.21. The average Bonchev–Trinajstić information content (AvgIpc) is 2.50. The van der Waals surface area contributed by atoms with Gasteiger partial charge in [0.1, 0.15) is 0 Å². The van der Waals surface area contributed by atoms with Gasteiger partial charge < -0.3 is 0 Å². The van der Waals surface area contributed by atoms with E-state index < -0.39 is 0 Å². The fraction of sp³-hybridized carbons (Fsp3) is 0.364. The zero-order valence-electron chi connectivity index (χ0n) is 8.20. The van der Waals surface area contributed by atoms with E-state index in [1.807, 2.05) is 12.1 Å². The van der Waals surface area contributed by atoms with Gasteiger partial charge in [0, 0.05) is 4.88 Å². The van der Waals surface area contributed by atoms with Crippen molar-refractivity contribution in [2.45, 2.75) is 20.8 Å². The SMILES string of the molecule is C/C(=C\C(C)C)c1ccc(C=O)s1. The minimum Gasteiger partial charge on any atom is -0.297 e. The summed E-state index contributed by atoms with van der Waals surface area (Å²) in [5.74, 6) is 0.557. The molecule has 0 saturated heterocycles. The van der Waals surface area contributed by atoms with Gasteiger partial charge in [-0.15, -0.1) is 11.3 Å². The van der Waals surface area contributed by atoms with Crippen LogP contribution < -0.4 is 0 Å². The Morgan fingerprint density at radius 3 is 2.62 bits per heavy atom. The molecule has 0 spiro atoms. The standard InChI is InChI=1S/C11H14OS/c1-8(2)6-9(3)11-5-4-10(7-12)13-11/h4-8H,1-3H3/b9-6+. The summed E-state index contributed by atoms with van der Waals surface area (Å²) < 4.78 is 0. The van der Waals surface area contributed by atoms with E-state index in [2.05, 4.69) is 26.8 Å². The predicted octanol–water partition coefficient (Wildman–Crippen LogP) is 3.62. The summed E-state index contributed by atoms with van der Waals surface area (Å²) in [6.45, 7) is 6.38. The molecule has 0 aliphatic carbocycles. The molecule has 0 fully saturated rings. The highest BCUT2D eigenvalue weighted by molar-refractivity contribution is 7.14. The smallest absolute Gasteiger partial charge is 0.160 e. The molecule has 0 radical (unpaired) electrons. The van der Waals surface area contributed by atoms with Crippen LogP contribution in [0.25, 0.3) is 5.57 Å². The van der Waals surface area contributed by atoms with Gasteiger partial charge in [0.05, 0.1) is 4.88 Å². The molecule has 0 unspecified atom stereocenters. The Balaban J connectivity index is 2.88. The first-order chi connectivity index (χ1) is 6.13.